The van der Waals surface area contributed by atoms with Crippen LogP contribution in [0.25, 0.3) is 0 Å². The number of carbonyl (C=O) groups excluding carboxylic acids is 1. The fraction of sp³-hybridized carbons (Fsp3) is 0.286. The molecule has 1 amide bonds. The summed E-state index contributed by atoms with van der Waals surface area (Å²) in [5.41, 5.74) is 3.36. The quantitative estimate of drug-likeness (QED) is 0.651. The Kier molecular flexibility index (Phi) is 5.26. The summed E-state index contributed by atoms with van der Waals surface area (Å²) in [7, 11) is 0. The van der Waals surface area contributed by atoms with E-state index in [0.717, 1.165) is 22.7 Å². The van der Waals surface area contributed by atoms with Gasteiger partial charge in [-0.2, -0.15) is 0 Å². The Morgan fingerprint density at radius 2 is 2.00 bits per heavy atom. The normalized spacial score (nSPS) is 10.9. The SMILES string of the molecule is CCN(Cc1cccc(F)c1)C(=O)c1cc(C)n(Cc2ccco2)c1C. The Labute approximate surface area is 152 Å². The van der Waals surface area contributed by atoms with E-state index in [1.54, 1.807) is 17.2 Å². The highest BCUT2D eigenvalue weighted by atomic mass is 19.1. The number of halogens is 1. The topological polar surface area (TPSA) is 38.4 Å². The van der Waals surface area contributed by atoms with Gasteiger partial charge in [0.2, 0.25) is 0 Å². The number of amides is 1. The predicted molar refractivity (Wildman–Crippen MR) is 98.5 cm³/mol. The Bertz CT molecular complexity index is 897. The standard InChI is InChI=1S/C21H23FN2O2/c1-4-23(13-17-7-5-8-18(22)12-17)21(25)20-11-15(2)24(16(20)3)14-19-9-6-10-26-19/h5-12H,4,13-14H2,1-3H3. The van der Waals surface area contributed by atoms with Gasteiger partial charge in [0.15, 0.2) is 0 Å². The minimum Gasteiger partial charge on any atom is -0.467 e. The van der Waals surface area contributed by atoms with Crippen molar-refractivity contribution in [3.8, 4) is 0 Å². The van der Waals surface area contributed by atoms with Gasteiger partial charge in [-0.1, -0.05) is 12.1 Å². The molecule has 3 rings (SSSR count). The maximum absolute atomic E-state index is 13.4. The summed E-state index contributed by atoms with van der Waals surface area (Å²) in [6.07, 6.45) is 1.65. The van der Waals surface area contributed by atoms with Crippen LogP contribution in [0.5, 0.6) is 0 Å². The number of hydrogen-bond acceptors (Lipinski definition) is 2. The summed E-state index contributed by atoms with van der Waals surface area (Å²) < 4.78 is 20.9. The van der Waals surface area contributed by atoms with Crippen molar-refractivity contribution in [2.45, 2.75) is 33.9 Å². The molecule has 2 heterocycles. The molecule has 0 saturated heterocycles. The third-order valence-electron chi connectivity index (χ3n) is 4.63. The Balaban J connectivity index is 1.83. The van der Waals surface area contributed by atoms with Crippen LogP contribution >= 0.6 is 0 Å². The lowest BCUT2D eigenvalue weighted by Gasteiger charge is -2.21. The maximum atomic E-state index is 13.4. The number of aromatic nitrogens is 1. The number of furan rings is 1. The van der Waals surface area contributed by atoms with Crippen LogP contribution in [-0.2, 0) is 13.1 Å². The minimum absolute atomic E-state index is 0.0458. The minimum atomic E-state index is -0.289. The summed E-state index contributed by atoms with van der Waals surface area (Å²) in [6.45, 7) is 7.38. The van der Waals surface area contributed by atoms with E-state index in [4.69, 9.17) is 4.42 Å². The van der Waals surface area contributed by atoms with E-state index in [0.29, 0.717) is 25.2 Å². The van der Waals surface area contributed by atoms with Gasteiger partial charge in [-0.15, -0.1) is 0 Å². The van der Waals surface area contributed by atoms with E-state index in [1.807, 2.05) is 45.0 Å². The number of rotatable bonds is 6. The van der Waals surface area contributed by atoms with Gasteiger partial charge in [0.05, 0.1) is 18.4 Å². The molecule has 5 heteroatoms. The highest BCUT2D eigenvalue weighted by Crippen LogP contribution is 2.20. The lowest BCUT2D eigenvalue weighted by Crippen LogP contribution is -2.30. The van der Waals surface area contributed by atoms with E-state index in [1.165, 1.54) is 12.1 Å². The first kappa shape index (κ1) is 18.0. The van der Waals surface area contributed by atoms with Crippen molar-refractivity contribution in [2.24, 2.45) is 0 Å². The van der Waals surface area contributed by atoms with E-state index < -0.39 is 0 Å². The Morgan fingerprint density at radius 1 is 1.19 bits per heavy atom. The molecule has 1 aromatic carbocycles. The van der Waals surface area contributed by atoms with Gasteiger partial charge in [-0.05, 0) is 56.7 Å². The van der Waals surface area contributed by atoms with Gasteiger partial charge < -0.3 is 13.9 Å². The fourth-order valence-electron chi connectivity index (χ4n) is 3.17. The van der Waals surface area contributed by atoms with E-state index in [-0.39, 0.29) is 11.7 Å². The van der Waals surface area contributed by atoms with Crippen molar-refractivity contribution >= 4 is 5.91 Å². The van der Waals surface area contributed by atoms with E-state index >= 15 is 0 Å². The van der Waals surface area contributed by atoms with E-state index in [9.17, 15) is 9.18 Å². The Morgan fingerprint density at radius 3 is 2.65 bits per heavy atom. The molecule has 136 valence electrons. The monoisotopic (exact) mass is 354 g/mol. The van der Waals surface area contributed by atoms with Gasteiger partial charge in [-0.3, -0.25) is 4.79 Å². The van der Waals surface area contributed by atoms with Crippen LogP contribution in [0.15, 0.2) is 53.1 Å². The first-order valence-electron chi connectivity index (χ1n) is 8.72. The summed E-state index contributed by atoms with van der Waals surface area (Å²) >= 11 is 0. The van der Waals surface area contributed by atoms with Crippen molar-refractivity contribution < 1.29 is 13.6 Å². The first-order valence-corrected chi connectivity index (χ1v) is 8.72. The third kappa shape index (κ3) is 3.72. The van der Waals surface area contributed by atoms with Gasteiger partial charge in [0, 0.05) is 24.5 Å². The number of benzene rings is 1. The van der Waals surface area contributed by atoms with Crippen LogP contribution in [0.3, 0.4) is 0 Å². The summed E-state index contributed by atoms with van der Waals surface area (Å²) in [4.78, 5) is 14.8. The molecule has 0 saturated carbocycles. The number of hydrogen-bond donors (Lipinski definition) is 0. The van der Waals surface area contributed by atoms with Crippen molar-refractivity contribution in [1.29, 1.82) is 0 Å². The third-order valence-corrected chi connectivity index (χ3v) is 4.63. The Hall–Kier alpha value is -2.82. The first-order chi connectivity index (χ1) is 12.5. The van der Waals surface area contributed by atoms with Crippen LogP contribution in [0, 0.1) is 19.7 Å². The zero-order valence-electron chi connectivity index (χ0n) is 15.3. The number of aryl methyl sites for hydroxylation is 1. The molecule has 0 bridgehead atoms. The smallest absolute Gasteiger partial charge is 0.255 e. The van der Waals surface area contributed by atoms with Crippen molar-refractivity contribution in [3.05, 3.63) is 82.8 Å². The highest BCUT2D eigenvalue weighted by Gasteiger charge is 2.21. The molecule has 0 N–H and O–H groups in total. The lowest BCUT2D eigenvalue weighted by molar-refractivity contribution is 0.0751. The number of carbonyl (C=O) groups is 1. The zero-order chi connectivity index (χ0) is 18.7. The summed E-state index contributed by atoms with van der Waals surface area (Å²) in [5, 5.41) is 0. The number of nitrogens with zero attached hydrogens (tertiary/aromatic N) is 2. The highest BCUT2D eigenvalue weighted by molar-refractivity contribution is 5.95. The molecule has 0 aliphatic rings. The second-order valence-electron chi connectivity index (χ2n) is 6.40. The molecule has 0 atom stereocenters. The average molecular weight is 354 g/mol. The predicted octanol–water partition coefficient (Wildman–Crippen LogP) is 4.55. The molecule has 4 nitrogen and oxygen atoms in total. The molecule has 3 aromatic rings. The van der Waals surface area contributed by atoms with Crippen molar-refractivity contribution in [2.75, 3.05) is 6.54 Å². The van der Waals surface area contributed by atoms with E-state index in [2.05, 4.69) is 4.57 Å². The van der Waals surface area contributed by atoms with Crippen LogP contribution in [-0.4, -0.2) is 21.9 Å². The summed E-state index contributed by atoms with van der Waals surface area (Å²) in [5.74, 6) is 0.510. The molecule has 0 aliphatic carbocycles. The summed E-state index contributed by atoms with van der Waals surface area (Å²) in [6, 6.07) is 12.1. The average Bonchev–Trinajstić information content (AvgIpc) is 3.23. The van der Waals surface area contributed by atoms with Gasteiger partial charge in [0.25, 0.3) is 5.91 Å². The molecule has 0 radical (unpaired) electrons. The van der Waals surface area contributed by atoms with Crippen molar-refractivity contribution in [1.82, 2.24) is 9.47 Å². The second-order valence-corrected chi connectivity index (χ2v) is 6.40. The lowest BCUT2D eigenvalue weighted by atomic mass is 10.1. The molecular formula is C21H23FN2O2. The van der Waals surface area contributed by atoms with Crippen LogP contribution in [0.4, 0.5) is 4.39 Å². The van der Waals surface area contributed by atoms with Gasteiger partial charge >= 0.3 is 0 Å². The largest absolute Gasteiger partial charge is 0.467 e. The maximum Gasteiger partial charge on any atom is 0.255 e. The fourth-order valence-corrected chi connectivity index (χ4v) is 3.17. The molecule has 0 unspecified atom stereocenters. The molecule has 0 fully saturated rings. The zero-order valence-corrected chi connectivity index (χ0v) is 15.3. The van der Waals surface area contributed by atoms with Crippen molar-refractivity contribution in [3.63, 3.8) is 0 Å². The molecule has 26 heavy (non-hydrogen) atoms. The molecular weight excluding hydrogens is 331 g/mol. The molecule has 2 aromatic heterocycles. The van der Waals surface area contributed by atoms with Gasteiger partial charge in [0.1, 0.15) is 11.6 Å². The van der Waals surface area contributed by atoms with Crippen LogP contribution < -0.4 is 0 Å². The molecule has 0 spiro atoms. The van der Waals surface area contributed by atoms with Crippen LogP contribution in [0.1, 0.15) is 40.0 Å². The second kappa shape index (κ2) is 7.60. The molecule has 0 aliphatic heterocycles. The van der Waals surface area contributed by atoms with Crippen LogP contribution in [0.2, 0.25) is 0 Å². The van der Waals surface area contributed by atoms with Gasteiger partial charge in [-0.25, -0.2) is 4.39 Å².